The summed E-state index contributed by atoms with van der Waals surface area (Å²) in [6.07, 6.45) is 0. The molecular formula is C8H5BrF2O2. The first-order valence-electron chi connectivity index (χ1n) is 3.33. The van der Waals surface area contributed by atoms with Gasteiger partial charge in [-0.05, 0) is 12.1 Å². The Balaban J connectivity index is 3.13. The lowest BCUT2D eigenvalue weighted by molar-refractivity contribution is -0.132. The van der Waals surface area contributed by atoms with Gasteiger partial charge >= 0.3 is 5.97 Å². The summed E-state index contributed by atoms with van der Waals surface area (Å²) in [4.78, 5) is 10.4. The van der Waals surface area contributed by atoms with E-state index in [-0.39, 0.29) is 4.47 Å². The molecule has 13 heavy (non-hydrogen) atoms. The van der Waals surface area contributed by atoms with Crippen molar-refractivity contribution in [2.75, 3.05) is 0 Å². The van der Waals surface area contributed by atoms with Gasteiger partial charge in [-0.15, -0.1) is 0 Å². The normalized spacial score (nSPS) is 9.85. The standard InChI is InChI=1S/C8H5BrF2O2/c1-4(12)13-8-6(10)2-5(9)3-7(8)11/h2-3H,1H3. The van der Waals surface area contributed by atoms with E-state index in [0.29, 0.717) is 0 Å². The van der Waals surface area contributed by atoms with Crippen LogP contribution in [0.4, 0.5) is 8.78 Å². The maximum atomic E-state index is 12.9. The Labute approximate surface area is 81.6 Å². The second kappa shape index (κ2) is 3.83. The van der Waals surface area contributed by atoms with Crippen LogP contribution >= 0.6 is 15.9 Å². The number of benzene rings is 1. The predicted octanol–water partition coefficient (Wildman–Crippen LogP) is 2.65. The Morgan fingerprint density at radius 2 is 1.85 bits per heavy atom. The van der Waals surface area contributed by atoms with E-state index in [1.54, 1.807) is 0 Å². The zero-order chi connectivity index (χ0) is 10.0. The van der Waals surface area contributed by atoms with E-state index in [4.69, 9.17) is 0 Å². The van der Waals surface area contributed by atoms with Crippen LogP contribution in [0.2, 0.25) is 0 Å². The van der Waals surface area contributed by atoms with Crippen LogP contribution in [0.15, 0.2) is 16.6 Å². The van der Waals surface area contributed by atoms with Crippen molar-refractivity contribution in [2.45, 2.75) is 6.92 Å². The Kier molecular flexibility index (Phi) is 2.98. The molecule has 0 amide bonds. The van der Waals surface area contributed by atoms with Gasteiger partial charge in [-0.3, -0.25) is 4.79 Å². The van der Waals surface area contributed by atoms with Crippen LogP contribution in [0.1, 0.15) is 6.92 Å². The SMILES string of the molecule is CC(=O)Oc1c(F)cc(Br)cc1F. The molecule has 0 spiro atoms. The maximum absolute atomic E-state index is 12.9. The highest BCUT2D eigenvalue weighted by molar-refractivity contribution is 9.10. The highest BCUT2D eigenvalue weighted by Gasteiger charge is 2.13. The van der Waals surface area contributed by atoms with E-state index in [2.05, 4.69) is 20.7 Å². The number of halogens is 3. The van der Waals surface area contributed by atoms with Crippen LogP contribution in [-0.4, -0.2) is 5.97 Å². The van der Waals surface area contributed by atoms with Gasteiger partial charge in [0.05, 0.1) is 0 Å². The lowest BCUT2D eigenvalue weighted by Crippen LogP contribution is -2.05. The fourth-order valence-corrected chi connectivity index (χ4v) is 1.17. The molecule has 0 saturated heterocycles. The van der Waals surface area contributed by atoms with Crippen LogP contribution in [0.3, 0.4) is 0 Å². The third kappa shape index (κ3) is 2.48. The van der Waals surface area contributed by atoms with E-state index in [9.17, 15) is 13.6 Å². The zero-order valence-electron chi connectivity index (χ0n) is 6.61. The summed E-state index contributed by atoms with van der Waals surface area (Å²) in [5, 5.41) is 0. The van der Waals surface area contributed by atoms with Gasteiger partial charge < -0.3 is 4.74 Å². The summed E-state index contributed by atoms with van der Waals surface area (Å²) in [7, 11) is 0. The van der Waals surface area contributed by atoms with E-state index < -0.39 is 23.4 Å². The molecule has 0 aliphatic carbocycles. The minimum atomic E-state index is -0.915. The topological polar surface area (TPSA) is 26.3 Å². The maximum Gasteiger partial charge on any atom is 0.308 e. The molecule has 0 aliphatic heterocycles. The highest BCUT2D eigenvalue weighted by atomic mass is 79.9. The van der Waals surface area contributed by atoms with Crippen LogP contribution in [0.5, 0.6) is 5.75 Å². The largest absolute Gasteiger partial charge is 0.420 e. The fourth-order valence-electron chi connectivity index (χ4n) is 0.770. The third-order valence-corrected chi connectivity index (χ3v) is 1.67. The number of hydrogen-bond acceptors (Lipinski definition) is 2. The first kappa shape index (κ1) is 10.1. The molecule has 0 radical (unpaired) electrons. The number of esters is 1. The van der Waals surface area contributed by atoms with E-state index in [1.807, 2.05) is 0 Å². The molecule has 0 aromatic heterocycles. The van der Waals surface area contributed by atoms with Gasteiger partial charge in [0, 0.05) is 11.4 Å². The minimum absolute atomic E-state index is 0.249. The van der Waals surface area contributed by atoms with Crippen LogP contribution in [-0.2, 0) is 4.79 Å². The summed E-state index contributed by atoms with van der Waals surface area (Å²) >= 11 is 2.89. The molecule has 0 aliphatic rings. The van der Waals surface area contributed by atoms with Gasteiger partial charge in [0.2, 0.25) is 5.75 Å². The number of rotatable bonds is 1. The minimum Gasteiger partial charge on any atom is -0.420 e. The molecule has 2 nitrogen and oxygen atoms in total. The molecule has 0 fully saturated rings. The summed E-state index contributed by atoms with van der Waals surface area (Å²) < 4.78 is 30.4. The first-order chi connectivity index (χ1) is 6.00. The quantitative estimate of drug-likeness (QED) is 0.566. The van der Waals surface area contributed by atoms with Crippen molar-refractivity contribution in [3.63, 3.8) is 0 Å². The Morgan fingerprint density at radius 3 is 2.23 bits per heavy atom. The molecule has 1 aromatic rings. The molecule has 0 bridgehead atoms. The molecule has 0 heterocycles. The van der Waals surface area contributed by atoms with E-state index in [0.717, 1.165) is 19.1 Å². The van der Waals surface area contributed by atoms with Gasteiger partial charge in [-0.2, -0.15) is 0 Å². The summed E-state index contributed by atoms with van der Waals surface area (Å²) in [5.41, 5.74) is 0. The van der Waals surface area contributed by atoms with Crippen molar-refractivity contribution >= 4 is 21.9 Å². The van der Waals surface area contributed by atoms with Crippen molar-refractivity contribution < 1.29 is 18.3 Å². The monoisotopic (exact) mass is 250 g/mol. The molecule has 0 atom stereocenters. The molecule has 0 N–H and O–H groups in total. The van der Waals surface area contributed by atoms with E-state index in [1.165, 1.54) is 0 Å². The lowest BCUT2D eigenvalue weighted by Gasteiger charge is -2.04. The van der Waals surface area contributed by atoms with Crippen LogP contribution < -0.4 is 4.74 Å². The van der Waals surface area contributed by atoms with Gasteiger partial charge in [-0.25, -0.2) is 8.78 Å². The summed E-state index contributed by atoms with van der Waals surface area (Å²) in [5.74, 6) is -3.26. The molecule has 1 rings (SSSR count). The van der Waals surface area contributed by atoms with Crippen molar-refractivity contribution in [1.29, 1.82) is 0 Å². The van der Waals surface area contributed by atoms with Crippen molar-refractivity contribution in [3.05, 3.63) is 28.2 Å². The number of ether oxygens (including phenoxy) is 1. The molecule has 5 heteroatoms. The third-order valence-electron chi connectivity index (χ3n) is 1.21. The number of carbonyl (C=O) groups is 1. The fraction of sp³-hybridized carbons (Fsp3) is 0.125. The van der Waals surface area contributed by atoms with Gasteiger partial charge in [0.1, 0.15) is 0 Å². The van der Waals surface area contributed by atoms with Gasteiger partial charge in [-0.1, -0.05) is 15.9 Å². The average molecular weight is 251 g/mol. The molecule has 70 valence electrons. The number of hydrogen-bond donors (Lipinski definition) is 0. The second-order valence-corrected chi connectivity index (χ2v) is 3.21. The van der Waals surface area contributed by atoms with Gasteiger partial charge in [0.15, 0.2) is 11.6 Å². The van der Waals surface area contributed by atoms with Crippen molar-refractivity contribution in [3.8, 4) is 5.75 Å². The average Bonchev–Trinajstić information content (AvgIpc) is 1.96. The first-order valence-corrected chi connectivity index (χ1v) is 4.13. The summed E-state index contributed by atoms with van der Waals surface area (Å²) in [6, 6.07) is 2.03. The van der Waals surface area contributed by atoms with E-state index >= 15 is 0 Å². The second-order valence-electron chi connectivity index (χ2n) is 2.29. The van der Waals surface area contributed by atoms with Crippen molar-refractivity contribution in [2.24, 2.45) is 0 Å². The zero-order valence-corrected chi connectivity index (χ0v) is 8.19. The predicted molar refractivity (Wildman–Crippen MR) is 45.4 cm³/mol. The molecule has 0 saturated carbocycles. The van der Waals surface area contributed by atoms with Crippen molar-refractivity contribution in [1.82, 2.24) is 0 Å². The molecular weight excluding hydrogens is 246 g/mol. The number of carbonyl (C=O) groups excluding carboxylic acids is 1. The smallest absolute Gasteiger partial charge is 0.308 e. The van der Waals surface area contributed by atoms with Crippen LogP contribution in [0.25, 0.3) is 0 Å². The van der Waals surface area contributed by atoms with Crippen LogP contribution in [0, 0.1) is 11.6 Å². The lowest BCUT2D eigenvalue weighted by atomic mass is 10.3. The Hall–Kier alpha value is -0.970. The Morgan fingerprint density at radius 1 is 1.38 bits per heavy atom. The Bertz CT molecular complexity index is 329. The summed E-state index contributed by atoms with van der Waals surface area (Å²) in [6.45, 7) is 1.07. The highest BCUT2D eigenvalue weighted by Crippen LogP contribution is 2.25. The van der Waals surface area contributed by atoms with Gasteiger partial charge in [0.25, 0.3) is 0 Å². The molecule has 1 aromatic carbocycles. The molecule has 0 unspecified atom stereocenters.